The highest BCUT2D eigenvalue weighted by molar-refractivity contribution is 9.13. The maximum Gasteiger partial charge on any atom is 0.324 e. The number of aromatic nitrogens is 1. The van der Waals surface area contributed by atoms with E-state index in [1.165, 1.54) is 7.05 Å². The van der Waals surface area contributed by atoms with Crippen LogP contribution in [0.4, 0.5) is 4.79 Å². The van der Waals surface area contributed by atoms with Gasteiger partial charge in [-0.1, -0.05) is 0 Å². The first kappa shape index (κ1) is 13.6. The molecule has 3 rings (SSSR count). The number of H-pyrrole nitrogens is 1. The molecule has 104 valence electrons. The lowest BCUT2D eigenvalue weighted by Crippen LogP contribution is -2.31. The molecule has 1 unspecified atom stereocenters. The number of rotatable bonds is 2. The fraction of sp³-hybridized carbons (Fsp3) is 0.231. The normalized spacial score (nSPS) is 18.9. The van der Waals surface area contributed by atoms with Crippen molar-refractivity contribution < 1.29 is 9.59 Å². The van der Waals surface area contributed by atoms with E-state index in [2.05, 4.69) is 42.2 Å². The smallest absolute Gasteiger partial charge is 0.324 e. The summed E-state index contributed by atoms with van der Waals surface area (Å²) in [5, 5.41) is 3.72. The molecule has 2 heterocycles. The van der Waals surface area contributed by atoms with Crippen LogP contribution in [0.25, 0.3) is 10.9 Å². The number of imide groups is 1. The first-order valence-electron chi connectivity index (χ1n) is 6.00. The van der Waals surface area contributed by atoms with Crippen molar-refractivity contribution in [1.82, 2.24) is 15.2 Å². The quantitative estimate of drug-likeness (QED) is 0.761. The van der Waals surface area contributed by atoms with Crippen LogP contribution >= 0.6 is 31.9 Å². The second-order valence-corrected chi connectivity index (χ2v) is 6.44. The number of halogens is 2. The number of nitrogens with zero attached hydrogens (tertiary/aromatic N) is 1. The Hall–Kier alpha value is -1.34. The second-order valence-electron chi connectivity index (χ2n) is 4.73. The predicted molar refractivity (Wildman–Crippen MR) is 82.5 cm³/mol. The molecule has 1 aromatic carbocycles. The summed E-state index contributed by atoms with van der Waals surface area (Å²) in [4.78, 5) is 27.7. The van der Waals surface area contributed by atoms with E-state index < -0.39 is 6.04 Å². The third kappa shape index (κ3) is 2.14. The van der Waals surface area contributed by atoms with Crippen molar-refractivity contribution in [2.45, 2.75) is 12.5 Å². The summed E-state index contributed by atoms with van der Waals surface area (Å²) in [6, 6.07) is 3.14. The molecule has 1 atom stereocenters. The zero-order chi connectivity index (χ0) is 14.4. The topological polar surface area (TPSA) is 65.2 Å². The molecule has 3 amide bonds. The van der Waals surface area contributed by atoms with Crippen LogP contribution < -0.4 is 5.32 Å². The van der Waals surface area contributed by atoms with E-state index in [-0.39, 0.29) is 11.9 Å². The van der Waals surface area contributed by atoms with Crippen LogP contribution in [0.15, 0.2) is 27.3 Å². The molecular formula is C13H11Br2N3O2. The van der Waals surface area contributed by atoms with Crippen LogP contribution in [0.5, 0.6) is 0 Å². The number of carbonyl (C=O) groups is 2. The van der Waals surface area contributed by atoms with Crippen LogP contribution in [0.3, 0.4) is 0 Å². The number of amides is 3. The van der Waals surface area contributed by atoms with Gasteiger partial charge in [0, 0.05) is 39.5 Å². The molecule has 0 radical (unpaired) electrons. The van der Waals surface area contributed by atoms with E-state index >= 15 is 0 Å². The van der Waals surface area contributed by atoms with Gasteiger partial charge in [-0.3, -0.25) is 9.69 Å². The van der Waals surface area contributed by atoms with Gasteiger partial charge in [0.1, 0.15) is 6.04 Å². The van der Waals surface area contributed by atoms with E-state index in [0.717, 1.165) is 30.3 Å². The molecule has 1 fully saturated rings. The highest BCUT2D eigenvalue weighted by Gasteiger charge is 2.35. The highest BCUT2D eigenvalue weighted by Crippen LogP contribution is 2.30. The van der Waals surface area contributed by atoms with Gasteiger partial charge in [-0.15, -0.1) is 0 Å². The first-order valence-corrected chi connectivity index (χ1v) is 7.59. The summed E-state index contributed by atoms with van der Waals surface area (Å²) in [7, 11) is 1.49. The monoisotopic (exact) mass is 399 g/mol. The SMILES string of the molecule is CN1C(=O)NC(Cc2c[nH]c3cc(Br)c(Br)cc23)C1=O. The van der Waals surface area contributed by atoms with E-state index in [1.54, 1.807) is 0 Å². The average Bonchev–Trinajstić information content (AvgIpc) is 2.89. The number of aromatic amines is 1. The molecule has 5 nitrogen and oxygen atoms in total. The van der Waals surface area contributed by atoms with Gasteiger partial charge in [0.05, 0.1) is 0 Å². The first-order chi connectivity index (χ1) is 9.47. The number of nitrogens with one attached hydrogen (secondary N) is 2. The van der Waals surface area contributed by atoms with Crippen LogP contribution in [0, 0.1) is 0 Å². The van der Waals surface area contributed by atoms with Crippen molar-refractivity contribution >= 4 is 54.7 Å². The Kier molecular flexibility index (Phi) is 3.33. The molecule has 0 spiro atoms. The Balaban J connectivity index is 1.94. The molecule has 0 saturated carbocycles. The summed E-state index contributed by atoms with van der Waals surface area (Å²) in [6.45, 7) is 0. The summed E-state index contributed by atoms with van der Waals surface area (Å²) in [5.41, 5.74) is 1.99. The summed E-state index contributed by atoms with van der Waals surface area (Å²) >= 11 is 6.93. The average molecular weight is 401 g/mol. The zero-order valence-electron chi connectivity index (χ0n) is 10.5. The van der Waals surface area contributed by atoms with Gasteiger partial charge in [-0.2, -0.15) is 0 Å². The zero-order valence-corrected chi connectivity index (χ0v) is 13.7. The molecule has 1 aliphatic rings. The molecule has 1 aromatic heterocycles. The minimum absolute atomic E-state index is 0.194. The molecule has 2 N–H and O–H groups in total. The van der Waals surface area contributed by atoms with Crippen molar-refractivity contribution in [1.29, 1.82) is 0 Å². The number of hydrogen-bond donors (Lipinski definition) is 2. The van der Waals surface area contributed by atoms with Crippen molar-refractivity contribution in [2.75, 3.05) is 7.05 Å². The predicted octanol–water partition coefficient (Wildman–Crippen LogP) is 2.79. The fourth-order valence-corrected chi connectivity index (χ4v) is 3.03. The van der Waals surface area contributed by atoms with Gasteiger partial charge in [0.25, 0.3) is 5.91 Å². The Labute approximate surface area is 132 Å². The van der Waals surface area contributed by atoms with E-state index in [1.807, 2.05) is 18.3 Å². The van der Waals surface area contributed by atoms with Crippen molar-refractivity contribution in [3.63, 3.8) is 0 Å². The van der Waals surface area contributed by atoms with Gasteiger partial charge in [-0.05, 0) is 49.6 Å². The van der Waals surface area contributed by atoms with Crippen LogP contribution in [-0.2, 0) is 11.2 Å². The largest absolute Gasteiger partial charge is 0.361 e. The molecule has 1 saturated heterocycles. The number of fused-ring (bicyclic) bond motifs is 1. The van der Waals surface area contributed by atoms with Gasteiger partial charge >= 0.3 is 6.03 Å². The van der Waals surface area contributed by atoms with Gasteiger partial charge in [0.2, 0.25) is 0 Å². The third-order valence-corrected chi connectivity index (χ3v) is 5.31. The Bertz CT molecular complexity index is 726. The van der Waals surface area contributed by atoms with E-state index in [0.29, 0.717) is 6.42 Å². The minimum atomic E-state index is -0.492. The third-order valence-electron chi connectivity index (χ3n) is 3.46. The molecule has 2 aromatic rings. The molecule has 0 bridgehead atoms. The Morgan fingerprint density at radius 2 is 1.95 bits per heavy atom. The number of urea groups is 1. The van der Waals surface area contributed by atoms with Crippen LogP contribution in [0.2, 0.25) is 0 Å². The second kappa shape index (κ2) is 4.89. The van der Waals surface area contributed by atoms with Crippen molar-refractivity contribution in [3.8, 4) is 0 Å². The van der Waals surface area contributed by atoms with Crippen molar-refractivity contribution in [3.05, 3.63) is 32.8 Å². The minimum Gasteiger partial charge on any atom is -0.361 e. The van der Waals surface area contributed by atoms with Crippen LogP contribution in [0.1, 0.15) is 5.56 Å². The summed E-state index contributed by atoms with van der Waals surface area (Å²) < 4.78 is 1.91. The van der Waals surface area contributed by atoms with Crippen LogP contribution in [-0.4, -0.2) is 34.9 Å². The van der Waals surface area contributed by atoms with Gasteiger partial charge < -0.3 is 10.3 Å². The summed E-state index contributed by atoms with van der Waals surface area (Å²) in [6.07, 6.45) is 2.35. The fourth-order valence-electron chi connectivity index (χ4n) is 2.34. The molecule has 20 heavy (non-hydrogen) atoms. The van der Waals surface area contributed by atoms with E-state index in [4.69, 9.17) is 0 Å². The Morgan fingerprint density at radius 1 is 1.25 bits per heavy atom. The lowest BCUT2D eigenvalue weighted by molar-refractivity contribution is -0.126. The molecule has 7 heteroatoms. The maximum absolute atomic E-state index is 11.9. The lowest BCUT2D eigenvalue weighted by atomic mass is 10.1. The molecule has 1 aliphatic heterocycles. The summed E-state index contributed by atoms with van der Waals surface area (Å²) in [5.74, 6) is -0.194. The van der Waals surface area contributed by atoms with Gasteiger partial charge in [0.15, 0.2) is 0 Å². The van der Waals surface area contributed by atoms with E-state index in [9.17, 15) is 9.59 Å². The number of carbonyl (C=O) groups excluding carboxylic acids is 2. The molecular weight excluding hydrogens is 390 g/mol. The Morgan fingerprint density at radius 3 is 2.60 bits per heavy atom. The number of benzene rings is 1. The lowest BCUT2D eigenvalue weighted by Gasteiger charge is -2.07. The van der Waals surface area contributed by atoms with Crippen molar-refractivity contribution in [2.24, 2.45) is 0 Å². The standard InChI is InChI=1S/C13H11Br2N3O2/c1-18-12(19)11(17-13(18)20)2-6-5-16-10-4-9(15)8(14)3-7(6)10/h3-5,11,16H,2H2,1H3,(H,17,20). The van der Waals surface area contributed by atoms with Gasteiger partial charge in [-0.25, -0.2) is 4.79 Å². The highest BCUT2D eigenvalue weighted by atomic mass is 79.9. The molecule has 0 aliphatic carbocycles. The number of likely N-dealkylation sites (N-methyl/N-ethyl adjacent to an activating group) is 1. The number of hydrogen-bond acceptors (Lipinski definition) is 2. The maximum atomic E-state index is 11.9.